The first-order chi connectivity index (χ1) is 13.8. The predicted octanol–water partition coefficient (Wildman–Crippen LogP) is 5.38. The Morgan fingerprint density at radius 3 is 2.48 bits per heavy atom. The third kappa shape index (κ3) is 3.36. The third-order valence-electron chi connectivity index (χ3n) is 5.69. The maximum Gasteiger partial charge on any atom is 0.232 e. The number of amides is 1. The quantitative estimate of drug-likeness (QED) is 0.675. The van der Waals surface area contributed by atoms with Crippen LogP contribution in [0.5, 0.6) is 0 Å². The number of hydrogen-bond acceptors (Lipinski definition) is 3. The molecule has 0 radical (unpaired) electrons. The van der Waals surface area contributed by atoms with Gasteiger partial charge in [-0.05, 0) is 35.6 Å². The van der Waals surface area contributed by atoms with Crippen LogP contribution in [-0.2, 0) is 9.59 Å². The number of rotatable bonds is 2. The smallest absolute Gasteiger partial charge is 0.232 e. The number of hydrogen-bond donors (Lipinski definition) is 0. The molecular formula is C24H21ClN2O2. The molecule has 0 aromatic heterocycles. The van der Waals surface area contributed by atoms with Crippen molar-refractivity contribution in [2.75, 3.05) is 4.90 Å². The van der Waals surface area contributed by atoms with Gasteiger partial charge in [-0.2, -0.15) is 5.26 Å². The van der Waals surface area contributed by atoms with Gasteiger partial charge in [0, 0.05) is 35.1 Å². The van der Waals surface area contributed by atoms with Crippen molar-refractivity contribution in [2.45, 2.75) is 39.0 Å². The summed E-state index contributed by atoms with van der Waals surface area (Å²) in [6.07, 6.45) is 1.16. The van der Waals surface area contributed by atoms with E-state index in [1.54, 1.807) is 35.2 Å². The number of allylic oxidation sites excluding steroid dienone is 2. The normalized spacial score (nSPS) is 21.0. The zero-order chi connectivity index (χ0) is 20.8. The van der Waals surface area contributed by atoms with Crippen LogP contribution in [0.1, 0.15) is 50.2 Å². The molecule has 2 aromatic rings. The van der Waals surface area contributed by atoms with Crippen molar-refractivity contribution in [2.24, 2.45) is 5.41 Å². The summed E-state index contributed by atoms with van der Waals surface area (Å²) < 4.78 is 0. The molecule has 4 nitrogen and oxygen atoms in total. The second kappa shape index (κ2) is 7.17. The Hall–Kier alpha value is -2.90. The standard InChI is InChI=1S/C24H21ClN2O2/c1-24(2)12-20-23(21(28)13-24)17(16-8-4-5-9-18(16)25)11-22(29)27(20)19-10-6-3-7-15(19)14-26/h3-10,17H,11-13H2,1-2H3. The number of carbonyl (C=O) groups excluding carboxylic acids is 2. The molecule has 1 atom stereocenters. The summed E-state index contributed by atoms with van der Waals surface area (Å²) in [5.41, 5.74) is 2.85. The number of anilines is 1. The zero-order valence-corrected chi connectivity index (χ0v) is 17.2. The lowest BCUT2D eigenvalue weighted by molar-refractivity contribution is -0.121. The number of ketones is 1. The van der Waals surface area contributed by atoms with Crippen molar-refractivity contribution in [1.82, 2.24) is 0 Å². The summed E-state index contributed by atoms with van der Waals surface area (Å²) in [6, 6.07) is 16.6. The van der Waals surface area contributed by atoms with E-state index in [0.29, 0.717) is 40.4 Å². The molecule has 0 saturated heterocycles. The Labute approximate surface area is 175 Å². The van der Waals surface area contributed by atoms with E-state index in [0.717, 1.165) is 5.56 Å². The summed E-state index contributed by atoms with van der Waals surface area (Å²) in [6.45, 7) is 4.07. The number of nitrogens with zero attached hydrogens (tertiary/aromatic N) is 2. The van der Waals surface area contributed by atoms with Crippen LogP contribution in [0.2, 0.25) is 5.02 Å². The number of nitriles is 1. The molecule has 1 aliphatic heterocycles. The Kier molecular flexibility index (Phi) is 4.80. The summed E-state index contributed by atoms with van der Waals surface area (Å²) >= 11 is 6.44. The molecule has 5 heteroatoms. The van der Waals surface area contributed by atoms with Crippen molar-refractivity contribution >= 4 is 29.0 Å². The molecule has 0 saturated carbocycles. The van der Waals surface area contributed by atoms with Gasteiger partial charge in [0.1, 0.15) is 6.07 Å². The number of carbonyl (C=O) groups is 2. The zero-order valence-electron chi connectivity index (χ0n) is 16.4. The van der Waals surface area contributed by atoms with Crippen LogP contribution in [-0.4, -0.2) is 11.7 Å². The van der Waals surface area contributed by atoms with Crippen LogP contribution in [0.25, 0.3) is 0 Å². The highest BCUT2D eigenvalue weighted by Gasteiger charge is 2.45. The average Bonchev–Trinajstić information content (AvgIpc) is 2.67. The molecule has 0 spiro atoms. The van der Waals surface area contributed by atoms with E-state index in [9.17, 15) is 14.9 Å². The van der Waals surface area contributed by atoms with Gasteiger partial charge in [-0.15, -0.1) is 0 Å². The van der Waals surface area contributed by atoms with Gasteiger partial charge in [0.2, 0.25) is 5.91 Å². The Balaban J connectivity index is 1.96. The van der Waals surface area contributed by atoms with Gasteiger partial charge in [0.05, 0.1) is 11.3 Å². The second-order valence-corrected chi connectivity index (χ2v) is 8.84. The SMILES string of the molecule is CC1(C)CC(=O)C2=C(C1)N(c1ccccc1C#N)C(=O)CC2c1ccccc1Cl. The Morgan fingerprint density at radius 2 is 1.76 bits per heavy atom. The fraction of sp³-hybridized carbons (Fsp3) is 0.292. The minimum absolute atomic E-state index is 0.0492. The molecule has 2 aromatic carbocycles. The lowest BCUT2D eigenvalue weighted by Gasteiger charge is -2.43. The maximum absolute atomic E-state index is 13.4. The molecule has 1 aliphatic carbocycles. The number of para-hydroxylation sites is 1. The fourth-order valence-electron chi connectivity index (χ4n) is 4.48. The molecule has 4 rings (SSSR count). The highest BCUT2D eigenvalue weighted by molar-refractivity contribution is 6.31. The van der Waals surface area contributed by atoms with E-state index in [1.165, 1.54) is 0 Å². The second-order valence-electron chi connectivity index (χ2n) is 8.44. The minimum Gasteiger partial charge on any atom is -0.294 e. The number of benzene rings is 2. The van der Waals surface area contributed by atoms with Crippen molar-refractivity contribution < 1.29 is 9.59 Å². The van der Waals surface area contributed by atoms with Gasteiger partial charge >= 0.3 is 0 Å². The third-order valence-corrected chi connectivity index (χ3v) is 6.03. The first-order valence-corrected chi connectivity index (χ1v) is 10.0. The van der Waals surface area contributed by atoms with E-state index < -0.39 is 0 Å². The van der Waals surface area contributed by atoms with Crippen LogP contribution in [0, 0.1) is 16.7 Å². The van der Waals surface area contributed by atoms with E-state index in [4.69, 9.17) is 11.6 Å². The van der Waals surface area contributed by atoms with Crippen LogP contribution in [0.15, 0.2) is 59.8 Å². The summed E-state index contributed by atoms with van der Waals surface area (Å²) in [5, 5.41) is 10.1. The number of Topliss-reactive ketones (excluding diaryl/α,β-unsaturated/α-hetero) is 1. The van der Waals surface area contributed by atoms with Crippen molar-refractivity contribution in [1.29, 1.82) is 5.26 Å². The minimum atomic E-state index is -0.361. The van der Waals surface area contributed by atoms with Gasteiger partial charge in [0.25, 0.3) is 0 Å². The van der Waals surface area contributed by atoms with Crippen molar-refractivity contribution in [3.8, 4) is 6.07 Å². The summed E-state index contributed by atoms with van der Waals surface area (Å²) in [4.78, 5) is 28.2. The molecular weight excluding hydrogens is 384 g/mol. The molecule has 1 unspecified atom stereocenters. The van der Waals surface area contributed by atoms with E-state index in [2.05, 4.69) is 6.07 Å². The molecule has 29 heavy (non-hydrogen) atoms. The predicted molar refractivity (Wildman–Crippen MR) is 113 cm³/mol. The Bertz CT molecular complexity index is 1090. The van der Waals surface area contributed by atoms with E-state index >= 15 is 0 Å². The largest absolute Gasteiger partial charge is 0.294 e. The lowest BCUT2D eigenvalue weighted by atomic mass is 9.69. The monoisotopic (exact) mass is 404 g/mol. The van der Waals surface area contributed by atoms with Crippen LogP contribution in [0.4, 0.5) is 5.69 Å². The highest BCUT2D eigenvalue weighted by Crippen LogP contribution is 2.49. The lowest BCUT2D eigenvalue weighted by Crippen LogP contribution is -2.44. The molecule has 1 heterocycles. The van der Waals surface area contributed by atoms with Crippen LogP contribution in [0.3, 0.4) is 0 Å². The van der Waals surface area contributed by atoms with Crippen molar-refractivity contribution in [3.63, 3.8) is 0 Å². The van der Waals surface area contributed by atoms with Crippen molar-refractivity contribution in [3.05, 3.63) is 76.0 Å². The first-order valence-electron chi connectivity index (χ1n) is 9.65. The summed E-state index contributed by atoms with van der Waals surface area (Å²) in [5.74, 6) is -0.435. The van der Waals surface area contributed by atoms with Gasteiger partial charge in [-0.3, -0.25) is 14.5 Å². The van der Waals surface area contributed by atoms with Crippen LogP contribution >= 0.6 is 11.6 Å². The van der Waals surface area contributed by atoms with E-state index in [-0.39, 0.29) is 29.4 Å². The fourth-order valence-corrected chi connectivity index (χ4v) is 4.75. The molecule has 1 amide bonds. The van der Waals surface area contributed by atoms with Gasteiger partial charge < -0.3 is 0 Å². The molecule has 146 valence electrons. The van der Waals surface area contributed by atoms with Gasteiger partial charge in [0.15, 0.2) is 5.78 Å². The molecule has 2 aliphatic rings. The first kappa shape index (κ1) is 19.4. The molecule has 0 fully saturated rings. The highest BCUT2D eigenvalue weighted by atomic mass is 35.5. The summed E-state index contributed by atoms with van der Waals surface area (Å²) in [7, 11) is 0. The molecule has 0 bridgehead atoms. The van der Waals surface area contributed by atoms with Gasteiger partial charge in [-0.25, -0.2) is 0 Å². The molecule has 0 N–H and O–H groups in total. The van der Waals surface area contributed by atoms with Crippen LogP contribution < -0.4 is 4.90 Å². The number of halogens is 1. The maximum atomic E-state index is 13.4. The topological polar surface area (TPSA) is 61.2 Å². The Morgan fingerprint density at radius 1 is 1.07 bits per heavy atom. The van der Waals surface area contributed by atoms with Gasteiger partial charge in [-0.1, -0.05) is 55.8 Å². The average molecular weight is 405 g/mol. The van der Waals surface area contributed by atoms with E-state index in [1.807, 2.05) is 32.0 Å².